The molecule has 0 saturated carbocycles. The lowest BCUT2D eigenvalue weighted by atomic mass is 9.70. The fourth-order valence-electron chi connectivity index (χ4n) is 4.92. The Balaban J connectivity index is 1.99. The van der Waals surface area contributed by atoms with E-state index in [0.29, 0.717) is 13.0 Å². The third-order valence-electron chi connectivity index (χ3n) is 6.10. The number of nitrogens with zero attached hydrogens (tertiary/aromatic N) is 1. The van der Waals surface area contributed by atoms with Gasteiger partial charge in [0.05, 0.1) is 37.2 Å². The van der Waals surface area contributed by atoms with Gasteiger partial charge < -0.3 is 24.8 Å². The third kappa shape index (κ3) is 3.15. The van der Waals surface area contributed by atoms with E-state index in [2.05, 4.69) is 21.2 Å². The summed E-state index contributed by atoms with van der Waals surface area (Å²) in [7, 11) is 0. The average Bonchev–Trinajstić information content (AvgIpc) is 3.25. The van der Waals surface area contributed by atoms with Gasteiger partial charge in [-0.1, -0.05) is 29.3 Å². The molecule has 28 heavy (non-hydrogen) atoms. The van der Waals surface area contributed by atoms with Crippen LogP contribution in [-0.2, 0) is 23.9 Å². The fraction of sp³-hybridized carbons (Fsp3) is 0.842. The Morgan fingerprint density at radius 3 is 2.79 bits per heavy atom. The molecule has 3 aliphatic rings. The molecule has 8 nitrogen and oxygen atoms in total. The second kappa shape index (κ2) is 8.28. The summed E-state index contributed by atoms with van der Waals surface area (Å²) in [6, 6.07) is -1.44. The lowest BCUT2D eigenvalue weighted by Gasteiger charge is -2.35. The van der Waals surface area contributed by atoms with Gasteiger partial charge in [-0.15, -0.1) is 0 Å². The van der Waals surface area contributed by atoms with Gasteiger partial charge in [-0.25, -0.2) is 0 Å². The number of aliphatic hydroxyl groups is 1. The molecule has 0 aliphatic carbocycles. The smallest absolute Gasteiger partial charge is 0.312 e. The van der Waals surface area contributed by atoms with Gasteiger partial charge in [-0.3, -0.25) is 14.4 Å². The van der Waals surface area contributed by atoms with Crippen LogP contribution < -0.4 is 5.32 Å². The molecule has 3 rings (SSSR count). The maximum atomic E-state index is 13.4. The number of fused-ring (bicyclic) bond motifs is 1. The minimum atomic E-state index is -1.09. The number of carbonyl (C=O) groups is 3. The fourth-order valence-corrected chi connectivity index (χ4v) is 5.86. The molecule has 2 N–H and O–H groups in total. The number of aliphatic hydroxyl groups excluding tert-OH is 1. The number of esters is 1. The summed E-state index contributed by atoms with van der Waals surface area (Å²) in [6.07, 6.45) is 1.70. The Hall–Kier alpha value is -1.19. The first-order valence-corrected chi connectivity index (χ1v) is 10.9. The van der Waals surface area contributed by atoms with Crippen molar-refractivity contribution >= 4 is 33.7 Å². The average molecular weight is 461 g/mol. The Morgan fingerprint density at radius 2 is 2.18 bits per heavy atom. The third-order valence-corrected chi connectivity index (χ3v) is 6.95. The van der Waals surface area contributed by atoms with Crippen molar-refractivity contribution in [2.75, 3.05) is 19.8 Å². The lowest BCUT2D eigenvalue weighted by Crippen LogP contribution is -2.57. The van der Waals surface area contributed by atoms with E-state index in [0.717, 1.165) is 12.8 Å². The van der Waals surface area contributed by atoms with Gasteiger partial charge in [-0.05, 0) is 26.7 Å². The maximum absolute atomic E-state index is 13.4. The van der Waals surface area contributed by atoms with Gasteiger partial charge in [0.1, 0.15) is 11.6 Å². The van der Waals surface area contributed by atoms with E-state index in [1.807, 2.05) is 6.92 Å². The molecule has 158 valence electrons. The normalized spacial score (nSPS) is 37.1. The van der Waals surface area contributed by atoms with Gasteiger partial charge in [0.15, 0.2) is 0 Å². The van der Waals surface area contributed by atoms with E-state index in [1.165, 1.54) is 4.90 Å². The SMILES string of the molecule is CCCCNC(=O)[C@H]1N([C@H](C)CO)C(=O)[C@@H]2[C@@H](C(=O)OCC)[C@@H]3O[C@@]21CC3Br. The van der Waals surface area contributed by atoms with E-state index in [4.69, 9.17) is 9.47 Å². The summed E-state index contributed by atoms with van der Waals surface area (Å²) in [6.45, 7) is 5.87. The molecule has 0 aromatic carbocycles. The van der Waals surface area contributed by atoms with E-state index in [1.54, 1.807) is 13.8 Å². The number of amides is 2. The molecule has 1 unspecified atom stereocenters. The van der Waals surface area contributed by atoms with Crippen molar-refractivity contribution < 1.29 is 29.0 Å². The highest BCUT2D eigenvalue weighted by atomic mass is 79.9. The molecule has 1 spiro atoms. The van der Waals surface area contributed by atoms with Crippen LogP contribution in [0, 0.1) is 11.8 Å². The number of carbonyl (C=O) groups excluding carboxylic acids is 3. The number of unbranched alkanes of at least 4 members (excludes halogenated alkanes) is 1. The zero-order chi connectivity index (χ0) is 20.6. The van der Waals surface area contributed by atoms with Crippen molar-refractivity contribution in [3.8, 4) is 0 Å². The number of nitrogens with one attached hydrogen (secondary N) is 1. The van der Waals surface area contributed by atoms with Gasteiger partial charge >= 0.3 is 5.97 Å². The topological polar surface area (TPSA) is 105 Å². The summed E-state index contributed by atoms with van der Waals surface area (Å²) >= 11 is 3.58. The molecule has 2 bridgehead atoms. The molecular formula is C19H29BrN2O6. The molecule has 7 atom stereocenters. The van der Waals surface area contributed by atoms with Crippen molar-refractivity contribution in [1.82, 2.24) is 10.2 Å². The summed E-state index contributed by atoms with van der Waals surface area (Å²) < 4.78 is 11.5. The Bertz CT molecular complexity index is 646. The zero-order valence-corrected chi connectivity index (χ0v) is 18.1. The quantitative estimate of drug-likeness (QED) is 0.312. The molecular weight excluding hydrogens is 432 g/mol. The van der Waals surface area contributed by atoms with Crippen molar-refractivity contribution in [2.45, 2.75) is 68.6 Å². The van der Waals surface area contributed by atoms with Crippen LogP contribution in [0.1, 0.15) is 40.0 Å². The van der Waals surface area contributed by atoms with E-state index in [-0.39, 0.29) is 29.9 Å². The Labute approximate surface area is 173 Å². The number of likely N-dealkylation sites (tertiary alicyclic amines) is 1. The first-order valence-electron chi connectivity index (χ1n) is 10.0. The monoisotopic (exact) mass is 460 g/mol. The van der Waals surface area contributed by atoms with E-state index < -0.39 is 41.6 Å². The predicted molar refractivity (Wildman–Crippen MR) is 104 cm³/mol. The van der Waals surface area contributed by atoms with Crippen LogP contribution in [-0.4, -0.2) is 76.2 Å². The highest BCUT2D eigenvalue weighted by molar-refractivity contribution is 9.09. The minimum absolute atomic E-state index is 0.152. The van der Waals surface area contributed by atoms with Crippen LogP contribution in [0.5, 0.6) is 0 Å². The van der Waals surface area contributed by atoms with Gasteiger partial charge in [0.25, 0.3) is 0 Å². The van der Waals surface area contributed by atoms with Crippen LogP contribution in [0.2, 0.25) is 0 Å². The molecule has 3 heterocycles. The van der Waals surface area contributed by atoms with Crippen LogP contribution in [0.4, 0.5) is 0 Å². The number of hydrogen-bond donors (Lipinski definition) is 2. The second-order valence-corrected chi connectivity index (χ2v) is 9.01. The molecule has 0 aromatic rings. The van der Waals surface area contributed by atoms with Crippen LogP contribution in [0.25, 0.3) is 0 Å². The summed E-state index contributed by atoms with van der Waals surface area (Å²) in [5.41, 5.74) is -1.09. The Kier molecular flexibility index (Phi) is 6.36. The molecule has 0 radical (unpaired) electrons. The first kappa shape index (κ1) is 21.5. The molecule has 2 amide bonds. The highest BCUT2D eigenvalue weighted by Crippen LogP contribution is 2.60. The second-order valence-electron chi connectivity index (χ2n) is 7.84. The van der Waals surface area contributed by atoms with Crippen molar-refractivity contribution in [3.63, 3.8) is 0 Å². The highest BCUT2D eigenvalue weighted by Gasteiger charge is 2.77. The molecule has 3 aliphatic heterocycles. The van der Waals surface area contributed by atoms with Crippen molar-refractivity contribution in [3.05, 3.63) is 0 Å². The Morgan fingerprint density at radius 1 is 1.46 bits per heavy atom. The minimum Gasteiger partial charge on any atom is -0.466 e. The van der Waals surface area contributed by atoms with Crippen molar-refractivity contribution in [1.29, 1.82) is 0 Å². The van der Waals surface area contributed by atoms with E-state index in [9.17, 15) is 19.5 Å². The molecule has 0 aromatic heterocycles. The number of alkyl halides is 1. The van der Waals surface area contributed by atoms with Crippen molar-refractivity contribution in [2.24, 2.45) is 11.8 Å². The zero-order valence-electron chi connectivity index (χ0n) is 16.5. The largest absolute Gasteiger partial charge is 0.466 e. The first-order chi connectivity index (χ1) is 13.3. The summed E-state index contributed by atoms with van der Waals surface area (Å²) in [4.78, 5) is 40.4. The van der Waals surface area contributed by atoms with E-state index >= 15 is 0 Å². The van der Waals surface area contributed by atoms with Gasteiger partial charge in [0.2, 0.25) is 11.8 Å². The van der Waals surface area contributed by atoms with Gasteiger partial charge in [0, 0.05) is 11.4 Å². The summed E-state index contributed by atoms with van der Waals surface area (Å²) in [5.74, 6) is -2.62. The standard InChI is InChI=1S/C19H29BrN2O6/c1-4-6-7-21-16(24)15-19-8-11(20)14(28-19)12(18(26)27-5-2)13(19)17(25)22(15)10(3)9-23/h10-15,23H,4-9H2,1-3H3,(H,21,24)/t10-,11?,12-,13+,14-,15-,19+/m1/s1. The number of halogens is 1. The van der Waals surface area contributed by atoms with Gasteiger partial charge in [-0.2, -0.15) is 0 Å². The lowest BCUT2D eigenvalue weighted by molar-refractivity contribution is -0.155. The van der Waals surface area contributed by atoms with Crippen LogP contribution >= 0.6 is 15.9 Å². The predicted octanol–water partition coefficient (Wildman–Crippen LogP) is 0.595. The number of hydrogen-bond acceptors (Lipinski definition) is 6. The number of rotatable bonds is 8. The summed E-state index contributed by atoms with van der Waals surface area (Å²) in [5, 5.41) is 12.6. The molecule has 3 fully saturated rings. The van der Waals surface area contributed by atoms with Crippen LogP contribution in [0.15, 0.2) is 0 Å². The number of ether oxygens (including phenoxy) is 2. The van der Waals surface area contributed by atoms with Crippen LogP contribution in [0.3, 0.4) is 0 Å². The molecule has 9 heteroatoms. The maximum Gasteiger partial charge on any atom is 0.312 e. The molecule has 3 saturated heterocycles.